The minimum absolute atomic E-state index is 0.0250. The van der Waals surface area contributed by atoms with Crippen LogP contribution in [0.25, 0.3) is 0 Å². The summed E-state index contributed by atoms with van der Waals surface area (Å²) in [5, 5.41) is 0. The van der Waals surface area contributed by atoms with Gasteiger partial charge in [0, 0.05) is 0 Å². The van der Waals surface area contributed by atoms with Gasteiger partial charge in [0.1, 0.15) is 26.4 Å². The molecule has 8 nitrogen and oxygen atoms in total. The van der Waals surface area contributed by atoms with Crippen molar-refractivity contribution in [3.8, 4) is 0 Å². The summed E-state index contributed by atoms with van der Waals surface area (Å²) in [4.78, 5) is 57.1. The lowest BCUT2D eigenvalue weighted by Gasteiger charge is -2.33. The maximum atomic E-state index is 14.4. The van der Waals surface area contributed by atoms with Gasteiger partial charge in [0.2, 0.25) is 0 Å². The SMILES string of the molecule is CCCCCC(C(=O)OCc1ccccc1)C(C(=O)OCc1ccccc1)(C(=O)OCc1ccccc1)C(=O)OCc1ccccc1. The number of unbranched alkanes of at least 4 members (excludes halogenated alkanes) is 2. The zero-order valence-corrected chi connectivity index (χ0v) is 26.5. The number of ether oxygens (including phenoxy) is 4. The van der Waals surface area contributed by atoms with Gasteiger partial charge in [-0.15, -0.1) is 0 Å². The molecule has 1 unspecified atom stereocenters. The first-order chi connectivity index (χ1) is 22.9. The van der Waals surface area contributed by atoms with Crippen LogP contribution < -0.4 is 0 Å². The number of rotatable bonds is 17. The van der Waals surface area contributed by atoms with Crippen LogP contribution >= 0.6 is 0 Å². The van der Waals surface area contributed by atoms with E-state index >= 15 is 0 Å². The summed E-state index contributed by atoms with van der Waals surface area (Å²) in [6.45, 7) is 1.10. The van der Waals surface area contributed by atoms with Crippen molar-refractivity contribution in [3.63, 3.8) is 0 Å². The highest BCUT2D eigenvalue weighted by molar-refractivity contribution is 6.20. The Morgan fingerprint density at radius 3 is 1.13 bits per heavy atom. The molecule has 0 saturated carbocycles. The molecule has 1 atom stereocenters. The monoisotopic (exact) mass is 636 g/mol. The Hall–Kier alpha value is -5.24. The maximum absolute atomic E-state index is 14.4. The largest absolute Gasteiger partial charge is 0.461 e. The van der Waals surface area contributed by atoms with Crippen molar-refractivity contribution < 1.29 is 38.1 Å². The Morgan fingerprint density at radius 2 is 0.809 bits per heavy atom. The van der Waals surface area contributed by atoms with Crippen LogP contribution in [0.1, 0.15) is 54.9 Å². The molecule has 0 aliphatic heterocycles. The molecule has 0 spiro atoms. The fourth-order valence-corrected chi connectivity index (χ4v) is 5.13. The molecule has 4 rings (SSSR count). The third-order valence-corrected chi connectivity index (χ3v) is 7.73. The van der Waals surface area contributed by atoms with Crippen molar-refractivity contribution in [1.82, 2.24) is 0 Å². The van der Waals surface area contributed by atoms with Crippen molar-refractivity contribution in [2.24, 2.45) is 11.3 Å². The molecular formula is C39H40O8. The van der Waals surface area contributed by atoms with E-state index in [2.05, 4.69) is 0 Å². The van der Waals surface area contributed by atoms with Gasteiger partial charge in [-0.05, 0) is 28.7 Å². The molecule has 0 amide bonds. The molecule has 0 aliphatic carbocycles. The average molecular weight is 637 g/mol. The number of carbonyl (C=O) groups is 4. The number of carbonyl (C=O) groups excluding carboxylic acids is 4. The molecule has 0 fully saturated rings. The van der Waals surface area contributed by atoms with E-state index in [9.17, 15) is 19.2 Å². The lowest BCUT2D eigenvalue weighted by Crippen LogP contribution is -2.56. The van der Waals surface area contributed by atoms with Crippen LogP contribution in [-0.2, 0) is 64.6 Å². The molecule has 0 N–H and O–H groups in total. The lowest BCUT2D eigenvalue weighted by molar-refractivity contribution is -0.197. The van der Waals surface area contributed by atoms with Gasteiger partial charge in [0.05, 0.1) is 5.92 Å². The zero-order chi connectivity index (χ0) is 33.3. The van der Waals surface area contributed by atoms with Gasteiger partial charge in [-0.3, -0.25) is 19.2 Å². The van der Waals surface area contributed by atoms with Crippen molar-refractivity contribution in [2.75, 3.05) is 0 Å². The molecule has 0 bridgehead atoms. The van der Waals surface area contributed by atoms with Gasteiger partial charge in [-0.25, -0.2) is 0 Å². The first-order valence-electron chi connectivity index (χ1n) is 15.8. The van der Waals surface area contributed by atoms with Crippen molar-refractivity contribution >= 4 is 23.9 Å². The standard InChI is InChI=1S/C39H40O8/c1-2-3-8-25-34(35(40)44-26-30-17-9-4-10-18-30)39(36(41)45-27-31-19-11-5-12-20-31,37(42)46-28-32-21-13-6-14-22-32)38(43)47-29-33-23-15-7-16-24-33/h4-7,9-24,34H,2-3,8,25-29H2,1H3. The third kappa shape index (κ3) is 9.63. The van der Waals surface area contributed by atoms with E-state index in [0.717, 1.165) is 6.42 Å². The van der Waals surface area contributed by atoms with Gasteiger partial charge < -0.3 is 18.9 Å². The zero-order valence-electron chi connectivity index (χ0n) is 26.5. The van der Waals surface area contributed by atoms with E-state index in [1.807, 2.05) is 31.2 Å². The molecule has 4 aromatic carbocycles. The minimum Gasteiger partial charge on any atom is -0.461 e. The van der Waals surface area contributed by atoms with E-state index in [0.29, 0.717) is 35.1 Å². The lowest BCUT2D eigenvalue weighted by atomic mass is 9.72. The second-order valence-electron chi connectivity index (χ2n) is 11.1. The van der Waals surface area contributed by atoms with Gasteiger partial charge in [-0.2, -0.15) is 0 Å². The molecule has 4 aromatic rings. The highest BCUT2D eigenvalue weighted by atomic mass is 16.6. The van der Waals surface area contributed by atoms with Gasteiger partial charge in [0.15, 0.2) is 0 Å². The van der Waals surface area contributed by atoms with Crippen molar-refractivity contribution in [3.05, 3.63) is 144 Å². The molecule has 0 heterocycles. The van der Waals surface area contributed by atoms with Crippen molar-refractivity contribution in [1.29, 1.82) is 0 Å². The summed E-state index contributed by atoms with van der Waals surface area (Å²) >= 11 is 0. The summed E-state index contributed by atoms with van der Waals surface area (Å²) in [7, 11) is 0. The van der Waals surface area contributed by atoms with E-state index in [-0.39, 0.29) is 32.8 Å². The quantitative estimate of drug-likeness (QED) is 0.0521. The molecule has 0 saturated heterocycles. The van der Waals surface area contributed by atoms with Crippen LogP contribution in [0.15, 0.2) is 121 Å². The summed E-state index contributed by atoms with van der Waals surface area (Å²) in [6, 6.07) is 35.5. The first kappa shape index (κ1) is 34.6. The Balaban J connectivity index is 1.77. The molecule has 0 aromatic heterocycles. The van der Waals surface area contributed by atoms with Gasteiger partial charge >= 0.3 is 23.9 Å². The molecule has 0 radical (unpaired) electrons. The molecule has 244 valence electrons. The Morgan fingerprint density at radius 1 is 0.489 bits per heavy atom. The highest BCUT2D eigenvalue weighted by Gasteiger charge is 2.65. The van der Waals surface area contributed by atoms with Gasteiger partial charge in [0.25, 0.3) is 5.41 Å². The summed E-state index contributed by atoms with van der Waals surface area (Å²) in [6.07, 6.45) is 1.86. The van der Waals surface area contributed by atoms with Crippen LogP contribution in [0.5, 0.6) is 0 Å². The van der Waals surface area contributed by atoms with Crippen molar-refractivity contribution in [2.45, 2.75) is 59.0 Å². The average Bonchev–Trinajstić information content (AvgIpc) is 3.12. The molecule has 47 heavy (non-hydrogen) atoms. The minimum atomic E-state index is -2.81. The van der Waals surface area contributed by atoms with E-state index in [1.54, 1.807) is 97.1 Å². The van der Waals surface area contributed by atoms with Crippen LogP contribution in [0, 0.1) is 11.3 Å². The van der Waals surface area contributed by atoms with Crippen LogP contribution in [0.3, 0.4) is 0 Å². The Kier molecular flexibility index (Phi) is 13.3. The van der Waals surface area contributed by atoms with Crippen LogP contribution in [0.2, 0.25) is 0 Å². The third-order valence-electron chi connectivity index (χ3n) is 7.73. The number of hydrogen-bond donors (Lipinski definition) is 0. The smallest absolute Gasteiger partial charge is 0.336 e. The normalized spacial score (nSPS) is 11.6. The second kappa shape index (κ2) is 18.0. The number of esters is 4. The fraction of sp³-hybridized carbons (Fsp3) is 0.282. The van der Waals surface area contributed by atoms with Crippen LogP contribution in [0.4, 0.5) is 0 Å². The van der Waals surface area contributed by atoms with Crippen LogP contribution in [-0.4, -0.2) is 23.9 Å². The summed E-state index contributed by atoms with van der Waals surface area (Å²) < 4.78 is 22.8. The topological polar surface area (TPSA) is 105 Å². The highest BCUT2D eigenvalue weighted by Crippen LogP contribution is 2.39. The van der Waals surface area contributed by atoms with E-state index < -0.39 is 35.2 Å². The Labute approximate surface area is 275 Å². The fourth-order valence-electron chi connectivity index (χ4n) is 5.13. The second-order valence-corrected chi connectivity index (χ2v) is 11.1. The molecule has 0 aliphatic rings. The van der Waals surface area contributed by atoms with E-state index in [1.165, 1.54) is 0 Å². The van der Waals surface area contributed by atoms with Gasteiger partial charge in [-0.1, -0.05) is 148 Å². The van der Waals surface area contributed by atoms with E-state index in [4.69, 9.17) is 18.9 Å². The number of hydrogen-bond acceptors (Lipinski definition) is 8. The first-order valence-corrected chi connectivity index (χ1v) is 15.8. The molecule has 8 heteroatoms. The summed E-state index contributed by atoms with van der Waals surface area (Å²) in [5.74, 6) is -6.22. The Bertz CT molecular complexity index is 1420. The predicted molar refractivity (Wildman–Crippen MR) is 175 cm³/mol. The predicted octanol–water partition coefficient (Wildman–Crippen LogP) is 7.14. The molecular weight excluding hydrogens is 596 g/mol. The maximum Gasteiger partial charge on any atom is 0.336 e. The number of benzene rings is 4. The summed E-state index contributed by atoms with van der Waals surface area (Å²) in [5.41, 5.74) is -0.235.